The van der Waals surface area contributed by atoms with Crippen LogP contribution in [-0.4, -0.2) is 77.2 Å². The molecule has 38 heavy (non-hydrogen) atoms. The maximum atomic E-state index is 13.8. The molecule has 0 radical (unpaired) electrons. The van der Waals surface area contributed by atoms with E-state index in [1.54, 1.807) is 31.3 Å². The van der Waals surface area contributed by atoms with E-state index in [9.17, 15) is 37.1 Å². The molecular formula is C25H32F3N5O5. The highest BCUT2D eigenvalue weighted by molar-refractivity contribution is 6.01. The van der Waals surface area contributed by atoms with Gasteiger partial charge in [-0.3, -0.25) is 24.0 Å². The fourth-order valence-corrected chi connectivity index (χ4v) is 5.12. The van der Waals surface area contributed by atoms with Gasteiger partial charge < -0.3 is 26.2 Å². The number of nitrogens with zero attached hydrogens (tertiary/aromatic N) is 2. The van der Waals surface area contributed by atoms with Crippen LogP contribution in [0.3, 0.4) is 0 Å². The number of halogens is 3. The van der Waals surface area contributed by atoms with Crippen LogP contribution in [0.2, 0.25) is 0 Å². The fourth-order valence-electron chi connectivity index (χ4n) is 5.12. The first kappa shape index (κ1) is 28.9. The fraction of sp³-hybridized carbons (Fsp3) is 0.560. The van der Waals surface area contributed by atoms with E-state index < -0.39 is 53.3 Å². The van der Waals surface area contributed by atoms with Gasteiger partial charge in [0.15, 0.2) is 0 Å². The van der Waals surface area contributed by atoms with Crippen LogP contribution in [0.4, 0.5) is 18.9 Å². The molecule has 0 saturated carbocycles. The van der Waals surface area contributed by atoms with E-state index in [1.807, 2.05) is 12.1 Å². The number of anilines is 1. The Morgan fingerprint density at radius 2 is 1.84 bits per heavy atom. The first-order chi connectivity index (χ1) is 17.6. The number of hydrogen-bond acceptors (Lipinski definition) is 5. The molecule has 0 bridgehead atoms. The number of carbonyl (C=O) groups excluding carboxylic acids is 5. The standard InChI is InChI=1S/C25H32F3N5O5/c1-13(2)9-17(32(4)20(35)14(3)30-23(38)25(26,27)28)21(36)33-12-24(11-18(33)19(29)34)10-15-7-5-6-8-16(15)31-22(24)37/h5-8,13-14,17-18H,9-12H2,1-4H3,(H2,29,34)(H,30,38)(H,31,37)/t14-,17?,18-,24-/m0/s1. The molecule has 2 aliphatic rings. The van der Waals surface area contributed by atoms with Crippen LogP contribution in [0, 0.1) is 11.3 Å². The Balaban J connectivity index is 1.88. The molecule has 5 amide bonds. The first-order valence-electron chi connectivity index (χ1n) is 12.2. The van der Waals surface area contributed by atoms with E-state index in [4.69, 9.17) is 5.73 Å². The Morgan fingerprint density at radius 3 is 2.42 bits per heavy atom. The third-order valence-electron chi connectivity index (χ3n) is 7.09. The lowest BCUT2D eigenvalue weighted by Gasteiger charge is -2.36. The summed E-state index contributed by atoms with van der Waals surface area (Å²) in [6.07, 6.45) is -4.81. The second-order valence-corrected chi connectivity index (χ2v) is 10.4. The minimum absolute atomic E-state index is 0.0155. The number of likely N-dealkylation sites (N-methyl/N-ethyl adjacent to an activating group) is 1. The number of amides is 5. The van der Waals surface area contributed by atoms with Gasteiger partial charge in [-0.1, -0.05) is 32.0 Å². The number of hydrogen-bond donors (Lipinski definition) is 3. The molecule has 1 spiro atoms. The van der Waals surface area contributed by atoms with Crippen molar-refractivity contribution in [1.29, 1.82) is 0 Å². The van der Waals surface area contributed by atoms with Crippen molar-refractivity contribution in [1.82, 2.24) is 15.1 Å². The summed E-state index contributed by atoms with van der Waals surface area (Å²) in [6.45, 7) is 4.53. The van der Waals surface area contributed by atoms with Gasteiger partial charge in [0, 0.05) is 19.3 Å². The zero-order valence-corrected chi connectivity index (χ0v) is 21.6. The molecule has 2 aliphatic heterocycles. The van der Waals surface area contributed by atoms with Crippen molar-refractivity contribution in [2.75, 3.05) is 18.9 Å². The summed E-state index contributed by atoms with van der Waals surface area (Å²) < 4.78 is 38.0. The molecule has 4 atom stereocenters. The Kier molecular flexibility index (Phi) is 8.08. The largest absolute Gasteiger partial charge is 0.471 e. The topological polar surface area (TPSA) is 142 Å². The molecule has 4 N–H and O–H groups in total. The van der Waals surface area contributed by atoms with Gasteiger partial charge >= 0.3 is 12.1 Å². The van der Waals surface area contributed by atoms with E-state index in [2.05, 4.69) is 5.32 Å². The number of rotatable bonds is 7. The maximum absolute atomic E-state index is 13.8. The highest BCUT2D eigenvalue weighted by atomic mass is 19.4. The molecule has 0 aromatic heterocycles. The van der Waals surface area contributed by atoms with Gasteiger partial charge in [-0.2, -0.15) is 13.2 Å². The van der Waals surface area contributed by atoms with Gasteiger partial charge in [-0.05, 0) is 43.7 Å². The number of fused-ring (bicyclic) bond motifs is 1. The second-order valence-electron chi connectivity index (χ2n) is 10.4. The lowest BCUT2D eigenvalue weighted by molar-refractivity contribution is -0.175. The molecule has 3 rings (SSSR count). The van der Waals surface area contributed by atoms with Crippen molar-refractivity contribution in [2.45, 2.75) is 64.3 Å². The monoisotopic (exact) mass is 539 g/mol. The number of para-hydroxylation sites is 1. The zero-order valence-electron chi connectivity index (χ0n) is 21.6. The molecule has 2 heterocycles. The SMILES string of the molecule is CC(C)CC(C(=O)N1C[C@]2(Cc3ccccc3NC2=O)C[C@H]1C(N)=O)N(C)C(=O)[C@H](C)NC(=O)C(F)(F)F. The maximum Gasteiger partial charge on any atom is 0.471 e. The molecule has 13 heteroatoms. The van der Waals surface area contributed by atoms with E-state index in [1.165, 1.54) is 11.9 Å². The molecule has 1 saturated heterocycles. The van der Waals surface area contributed by atoms with Crippen LogP contribution >= 0.6 is 0 Å². The third kappa shape index (κ3) is 5.76. The Bertz CT molecular complexity index is 1140. The van der Waals surface area contributed by atoms with E-state index in [0.717, 1.165) is 17.4 Å². The predicted octanol–water partition coefficient (Wildman–Crippen LogP) is 1.19. The van der Waals surface area contributed by atoms with Crippen molar-refractivity contribution in [3.63, 3.8) is 0 Å². The van der Waals surface area contributed by atoms with Gasteiger partial charge in [0.2, 0.25) is 23.6 Å². The van der Waals surface area contributed by atoms with Crippen LogP contribution in [0.15, 0.2) is 24.3 Å². The molecule has 10 nitrogen and oxygen atoms in total. The molecule has 0 aliphatic carbocycles. The lowest BCUT2D eigenvalue weighted by Crippen LogP contribution is -2.57. The first-order valence-corrected chi connectivity index (χ1v) is 12.2. The summed E-state index contributed by atoms with van der Waals surface area (Å²) in [5.41, 5.74) is 5.99. The van der Waals surface area contributed by atoms with E-state index in [-0.39, 0.29) is 37.6 Å². The Labute approximate surface area is 218 Å². The minimum atomic E-state index is -5.18. The smallest absolute Gasteiger partial charge is 0.368 e. The number of nitrogens with one attached hydrogen (secondary N) is 2. The minimum Gasteiger partial charge on any atom is -0.368 e. The summed E-state index contributed by atoms with van der Waals surface area (Å²) in [5, 5.41) is 4.43. The van der Waals surface area contributed by atoms with Crippen LogP contribution in [-0.2, 0) is 30.4 Å². The van der Waals surface area contributed by atoms with Crippen LogP contribution in [0.1, 0.15) is 39.2 Å². The van der Waals surface area contributed by atoms with Crippen LogP contribution < -0.4 is 16.4 Å². The van der Waals surface area contributed by atoms with Crippen molar-refractivity contribution < 1.29 is 37.1 Å². The molecule has 1 fully saturated rings. The van der Waals surface area contributed by atoms with Gasteiger partial charge in [0.25, 0.3) is 0 Å². The average molecular weight is 540 g/mol. The number of benzene rings is 1. The Morgan fingerprint density at radius 1 is 1.21 bits per heavy atom. The summed E-state index contributed by atoms with van der Waals surface area (Å²) >= 11 is 0. The van der Waals surface area contributed by atoms with E-state index in [0.29, 0.717) is 5.69 Å². The van der Waals surface area contributed by atoms with Crippen molar-refractivity contribution >= 4 is 35.2 Å². The number of carbonyl (C=O) groups is 5. The van der Waals surface area contributed by atoms with Crippen molar-refractivity contribution in [3.05, 3.63) is 29.8 Å². The normalized spacial score (nSPS) is 22.5. The lowest BCUT2D eigenvalue weighted by atomic mass is 9.76. The summed E-state index contributed by atoms with van der Waals surface area (Å²) in [6, 6.07) is 3.30. The second kappa shape index (κ2) is 10.6. The van der Waals surface area contributed by atoms with Crippen molar-refractivity contribution in [2.24, 2.45) is 17.1 Å². The number of alkyl halides is 3. The average Bonchev–Trinajstić information content (AvgIpc) is 3.22. The van der Waals surface area contributed by atoms with Gasteiger partial charge in [-0.15, -0.1) is 0 Å². The van der Waals surface area contributed by atoms with Gasteiger partial charge in [0.05, 0.1) is 5.41 Å². The van der Waals surface area contributed by atoms with E-state index >= 15 is 0 Å². The zero-order chi connectivity index (χ0) is 28.6. The molecular weight excluding hydrogens is 507 g/mol. The number of likely N-dealkylation sites (tertiary alicyclic amines) is 1. The predicted molar refractivity (Wildman–Crippen MR) is 130 cm³/mol. The summed E-state index contributed by atoms with van der Waals surface area (Å²) in [4.78, 5) is 65.9. The number of nitrogens with two attached hydrogens (primary N) is 1. The van der Waals surface area contributed by atoms with Crippen LogP contribution in [0.5, 0.6) is 0 Å². The molecule has 1 unspecified atom stereocenters. The van der Waals surface area contributed by atoms with Crippen LogP contribution in [0.25, 0.3) is 0 Å². The summed E-state index contributed by atoms with van der Waals surface area (Å²) in [7, 11) is 1.25. The number of primary amides is 1. The quantitative estimate of drug-likeness (QED) is 0.477. The van der Waals surface area contributed by atoms with Crippen molar-refractivity contribution in [3.8, 4) is 0 Å². The Hall–Kier alpha value is -3.64. The van der Waals surface area contributed by atoms with Gasteiger partial charge in [-0.25, -0.2) is 0 Å². The third-order valence-corrected chi connectivity index (χ3v) is 7.09. The molecule has 208 valence electrons. The molecule has 1 aromatic carbocycles. The van der Waals surface area contributed by atoms with Gasteiger partial charge in [0.1, 0.15) is 18.1 Å². The highest BCUT2D eigenvalue weighted by Crippen LogP contribution is 2.43. The summed E-state index contributed by atoms with van der Waals surface area (Å²) in [5.74, 6) is -5.16. The molecule has 1 aromatic rings. The highest BCUT2D eigenvalue weighted by Gasteiger charge is 2.55.